The zero-order valence-electron chi connectivity index (χ0n) is 9.69. The van der Waals surface area contributed by atoms with Gasteiger partial charge in [-0.1, -0.05) is 43.6 Å². The first kappa shape index (κ1) is 12.5. The summed E-state index contributed by atoms with van der Waals surface area (Å²) in [6, 6.07) is 0. The summed E-state index contributed by atoms with van der Waals surface area (Å²) >= 11 is 0. The van der Waals surface area contributed by atoms with Gasteiger partial charge < -0.3 is 0 Å². The molecule has 0 unspecified atom stereocenters. The van der Waals surface area contributed by atoms with Crippen molar-refractivity contribution in [3.63, 3.8) is 0 Å². The first-order valence-corrected chi connectivity index (χ1v) is 5.52. The SMILES string of the molecule is CCC=C(C)CCC=C(C)CCC. The lowest BCUT2D eigenvalue weighted by atomic mass is 10.1. The fraction of sp³-hybridized carbons (Fsp3) is 0.692. The molecule has 0 aromatic heterocycles. The summed E-state index contributed by atoms with van der Waals surface area (Å²) in [4.78, 5) is 0. The molecule has 0 atom stereocenters. The first-order valence-electron chi connectivity index (χ1n) is 5.52. The molecule has 76 valence electrons. The summed E-state index contributed by atoms with van der Waals surface area (Å²) in [5.41, 5.74) is 3.08. The second-order valence-electron chi connectivity index (χ2n) is 3.80. The lowest BCUT2D eigenvalue weighted by molar-refractivity contribution is 0.879. The fourth-order valence-corrected chi connectivity index (χ4v) is 1.49. The third-order valence-electron chi connectivity index (χ3n) is 2.23. The van der Waals surface area contributed by atoms with Crippen molar-refractivity contribution in [2.45, 2.75) is 59.8 Å². The highest BCUT2D eigenvalue weighted by Gasteiger charge is 1.89. The van der Waals surface area contributed by atoms with Crippen molar-refractivity contribution >= 4 is 0 Å². The van der Waals surface area contributed by atoms with Gasteiger partial charge in [-0.3, -0.25) is 0 Å². The van der Waals surface area contributed by atoms with Crippen LogP contribution in [0.4, 0.5) is 0 Å². The van der Waals surface area contributed by atoms with Gasteiger partial charge in [0.1, 0.15) is 0 Å². The van der Waals surface area contributed by atoms with Gasteiger partial charge in [-0.15, -0.1) is 0 Å². The minimum atomic E-state index is 1.17. The fourth-order valence-electron chi connectivity index (χ4n) is 1.49. The highest BCUT2D eigenvalue weighted by Crippen LogP contribution is 2.10. The van der Waals surface area contributed by atoms with Crippen molar-refractivity contribution in [1.82, 2.24) is 0 Å². The van der Waals surface area contributed by atoms with Crippen LogP contribution in [0.2, 0.25) is 0 Å². The molecule has 13 heavy (non-hydrogen) atoms. The zero-order valence-corrected chi connectivity index (χ0v) is 9.69. The molecule has 0 nitrogen and oxygen atoms in total. The Hall–Kier alpha value is -0.520. The molecule has 0 aliphatic rings. The van der Waals surface area contributed by atoms with Gasteiger partial charge in [0.2, 0.25) is 0 Å². The van der Waals surface area contributed by atoms with E-state index in [9.17, 15) is 0 Å². The van der Waals surface area contributed by atoms with Gasteiger partial charge in [-0.25, -0.2) is 0 Å². The lowest BCUT2D eigenvalue weighted by Gasteiger charge is -1.99. The van der Waals surface area contributed by atoms with E-state index in [2.05, 4.69) is 39.8 Å². The van der Waals surface area contributed by atoms with Crippen molar-refractivity contribution in [3.05, 3.63) is 23.3 Å². The first-order chi connectivity index (χ1) is 6.20. The van der Waals surface area contributed by atoms with E-state index in [-0.39, 0.29) is 0 Å². The molecule has 0 saturated carbocycles. The zero-order chi connectivity index (χ0) is 10.1. The number of hydrogen-bond donors (Lipinski definition) is 0. The van der Waals surface area contributed by atoms with Crippen LogP contribution in [0.5, 0.6) is 0 Å². The average Bonchev–Trinajstić information content (AvgIpc) is 2.05. The highest BCUT2D eigenvalue weighted by atomic mass is 14.0. The number of rotatable bonds is 6. The van der Waals surface area contributed by atoms with Crippen molar-refractivity contribution < 1.29 is 0 Å². The van der Waals surface area contributed by atoms with Crippen LogP contribution in [-0.2, 0) is 0 Å². The van der Waals surface area contributed by atoms with Crippen LogP contribution in [0.3, 0.4) is 0 Å². The van der Waals surface area contributed by atoms with Gasteiger partial charge in [0.15, 0.2) is 0 Å². The standard InChI is InChI=1S/C13H24/c1-5-8-12(3)10-7-11-13(4)9-6-2/h8,11H,5-7,9-10H2,1-4H3. The average molecular weight is 180 g/mol. The Morgan fingerprint density at radius 2 is 1.54 bits per heavy atom. The number of allylic oxidation sites excluding steroid dienone is 4. The van der Waals surface area contributed by atoms with Crippen LogP contribution in [0, 0.1) is 0 Å². The minimum absolute atomic E-state index is 1.17. The van der Waals surface area contributed by atoms with Crippen LogP contribution in [0.1, 0.15) is 59.8 Å². The molecule has 0 aromatic carbocycles. The normalized spacial score (nSPS) is 13.5. The summed E-state index contributed by atoms with van der Waals surface area (Å²) in [5.74, 6) is 0. The quantitative estimate of drug-likeness (QED) is 0.512. The Morgan fingerprint density at radius 1 is 0.923 bits per heavy atom. The van der Waals surface area contributed by atoms with E-state index in [0.717, 1.165) is 0 Å². The molecule has 0 aromatic rings. The second kappa shape index (κ2) is 8.10. The molecule has 0 heteroatoms. The smallest absolute Gasteiger partial charge is 0.0288 e. The van der Waals surface area contributed by atoms with E-state index in [4.69, 9.17) is 0 Å². The summed E-state index contributed by atoms with van der Waals surface area (Å²) in [6.07, 6.45) is 10.9. The maximum atomic E-state index is 2.39. The molecule has 0 amide bonds. The van der Waals surface area contributed by atoms with Crippen LogP contribution in [0.15, 0.2) is 23.3 Å². The van der Waals surface area contributed by atoms with E-state index in [1.165, 1.54) is 37.7 Å². The maximum absolute atomic E-state index is 2.39. The molecule has 0 aliphatic heterocycles. The van der Waals surface area contributed by atoms with E-state index >= 15 is 0 Å². The molecule has 0 fully saturated rings. The molecule has 0 bridgehead atoms. The molecule has 0 rings (SSSR count). The predicted octanol–water partition coefficient (Wildman–Crippen LogP) is 4.87. The third kappa shape index (κ3) is 7.83. The Bertz CT molecular complexity index is 172. The Balaban J connectivity index is 3.65. The summed E-state index contributed by atoms with van der Waals surface area (Å²) in [5, 5.41) is 0. The summed E-state index contributed by atoms with van der Waals surface area (Å²) in [6.45, 7) is 8.90. The van der Waals surface area contributed by atoms with Crippen molar-refractivity contribution in [3.8, 4) is 0 Å². The molecular formula is C13H24. The van der Waals surface area contributed by atoms with Gasteiger partial charge in [0.25, 0.3) is 0 Å². The molecule has 0 aliphatic carbocycles. The van der Waals surface area contributed by atoms with Gasteiger partial charge in [-0.2, -0.15) is 0 Å². The van der Waals surface area contributed by atoms with Gasteiger partial charge >= 0.3 is 0 Å². The lowest BCUT2D eigenvalue weighted by Crippen LogP contribution is -1.79. The largest absolute Gasteiger partial charge is 0.0859 e. The Morgan fingerprint density at radius 3 is 2.08 bits per heavy atom. The van der Waals surface area contributed by atoms with E-state index in [1.807, 2.05) is 0 Å². The van der Waals surface area contributed by atoms with Gasteiger partial charge in [0, 0.05) is 0 Å². The molecule has 0 saturated heterocycles. The van der Waals surface area contributed by atoms with Crippen LogP contribution in [-0.4, -0.2) is 0 Å². The van der Waals surface area contributed by atoms with E-state index < -0.39 is 0 Å². The maximum Gasteiger partial charge on any atom is -0.0288 e. The molecule has 0 heterocycles. The molecule has 0 spiro atoms. The predicted molar refractivity (Wildman–Crippen MR) is 61.9 cm³/mol. The molecule has 0 N–H and O–H groups in total. The highest BCUT2D eigenvalue weighted by molar-refractivity contribution is 5.03. The number of hydrogen-bond acceptors (Lipinski definition) is 0. The van der Waals surface area contributed by atoms with Crippen LogP contribution >= 0.6 is 0 Å². The van der Waals surface area contributed by atoms with Crippen molar-refractivity contribution in [2.75, 3.05) is 0 Å². The third-order valence-corrected chi connectivity index (χ3v) is 2.23. The second-order valence-corrected chi connectivity index (χ2v) is 3.80. The Kier molecular flexibility index (Phi) is 7.77. The van der Waals surface area contributed by atoms with Crippen molar-refractivity contribution in [2.24, 2.45) is 0 Å². The molecular weight excluding hydrogens is 156 g/mol. The van der Waals surface area contributed by atoms with Crippen LogP contribution in [0.25, 0.3) is 0 Å². The topological polar surface area (TPSA) is 0 Å². The minimum Gasteiger partial charge on any atom is -0.0859 e. The van der Waals surface area contributed by atoms with Crippen LogP contribution < -0.4 is 0 Å². The Labute approximate surface area is 83.7 Å². The summed E-state index contributed by atoms with van der Waals surface area (Å²) < 4.78 is 0. The summed E-state index contributed by atoms with van der Waals surface area (Å²) in [7, 11) is 0. The van der Waals surface area contributed by atoms with E-state index in [1.54, 1.807) is 5.57 Å². The van der Waals surface area contributed by atoms with E-state index in [0.29, 0.717) is 0 Å². The molecule has 0 radical (unpaired) electrons. The van der Waals surface area contributed by atoms with Gasteiger partial charge in [-0.05, 0) is 39.5 Å². The van der Waals surface area contributed by atoms with Gasteiger partial charge in [0.05, 0.1) is 0 Å². The van der Waals surface area contributed by atoms with Crippen molar-refractivity contribution in [1.29, 1.82) is 0 Å². The monoisotopic (exact) mass is 180 g/mol.